The molecule has 21 heavy (non-hydrogen) atoms. The maximum atomic E-state index is 12.6. The van der Waals surface area contributed by atoms with Crippen molar-refractivity contribution in [1.82, 2.24) is 19.7 Å². The van der Waals surface area contributed by atoms with Crippen molar-refractivity contribution in [1.29, 1.82) is 0 Å². The lowest BCUT2D eigenvalue weighted by molar-refractivity contribution is 0.102. The van der Waals surface area contributed by atoms with Gasteiger partial charge in [0.25, 0.3) is 0 Å². The fraction of sp³-hybridized carbons (Fsp3) is 0.462. The quantitative estimate of drug-likeness (QED) is 0.784. The van der Waals surface area contributed by atoms with Crippen molar-refractivity contribution in [2.24, 2.45) is 5.73 Å². The van der Waals surface area contributed by atoms with Gasteiger partial charge >= 0.3 is 0 Å². The van der Waals surface area contributed by atoms with Crippen LogP contribution in [-0.2, 0) is 6.54 Å². The third-order valence-electron chi connectivity index (χ3n) is 2.91. The van der Waals surface area contributed by atoms with Crippen LogP contribution in [0.2, 0.25) is 0 Å². The van der Waals surface area contributed by atoms with Crippen LogP contribution >= 0.6 is 27.3 Å². The molecule has 0 radical (unpaired) electrons. The van der Waals surface area contributed by atoms with E-state index in [0.717, 1.165) is 11.6 Å². The van der Waals surface area contributed by atoms with Gasteiger partial charge in [0.1, 0.15) is 16.4 Å². The summed E-state index contributed by atoms with van der Waals surface area (Å²) in [5.74, 6) is -0.138. The fourth-order valence-electron chi connectivity index (χ4n) is 1.77. The van der Waals surface area contributed by atoms with Crippen LogP contribution in [0.5, 0.6) is 0 Å². The highest BCUT2D eigenvalue weighted by Gasteiger charge is 2.22. The van der Waals surface area contributed by atoms with E-state index in [9.17, 15) is 4.79 Å². The molecule has 1 atom stereocenters. The van der Waals surface area contributed by atoms with Crippen LogP contribution in [0.4, 0.5) is 0 Å². The minimum absolute atomic E-state index is 0.138. The number of nitrogens with two attached hydrogens (primary N) is 1. The molecule has 0 saturated heterocycles. The third-order valence-corrected chi connectivity index (χ3v) is 4.54. The molecule has 0 aliphatic rings. The van der Waals surface area contributed by atoms with Crippen LogP contribution in [0.3, 0.4) is 0 Å². The normalized spacial score (nSPS) is 12.9. The minimum Gasteiger partial charge on any atom is -0.322 e. The van der Waals surface area contributed by atoms with E-state index >= 15 is 0 Å². The number of halogens is 1. The zero-order valence-electron chi connectivity index (χ0n) is 12.2. The minimum atomic E-state index is -0.168. The van der Waals surface area contributed by atoms with Gasteiger partial charge in [-0.3, -0.25) is 9.48 Å². The summed E-state index contributed by atoms with van der Waals surface area (Å²) in [7, 11) is 3.96. The number of ketones is 1. The molecule has 2 aromatic rings. The molecule has 0 aromatic carbocycles. The van der Waals surface area contributed by atoms with Gasteiger partial charge in [0.2, 0.25) is 5.78 Å². The van der Waals surface area contributed by atoms with E-state index in [0.29, 0.717) is 22.4 Å². The first-order chi connectivity index (χ1) is 9.90. The Morgan fingerprint density at radius 2 is 2.29 bits per heavy atom. The van der Waals surface area contributed by atoms with Crippen molar-refractivity contribution >= 4 is 33.0 Å². The molecule has 114 valence electrons. The molecule has 2 aromatic heterocycles. The summed E-state index contributed by atoms with van der Waals surface area (Å²) >= 11 is 4.79. The second-order valence-corrected chi connectivity index (χ2v) is 6.80. The highest BCUT2D eigenvalue weighted by atomic mass is 79.9. The van der Waals surface area contributed by atoms with Crippen LogP contribution in [-0.4, -0.2) is 46.1 Å². The van der Waals surface area contributed by atoms with Crippen molar-refractivity contribution in [3.05, 3.63) is 32.4 Å². The Balaban J connectivity index is 2.27. The van der Waals surface area contributed by atoms with E-state index in [1.54, 1.807) is 16.3 Å². The second kappa shape index (κ2) is 6.78. The number of aromatic nitrogens is 3. The van der Waals surface area contributed by atoms with Crippen LogP contribution in [0.15, 0.2) is 16.0 Å². The molecular weight excluding hydrogens is 354 g/mol. The van der Waals surface area contributed by atoms with Crippen molar-refractivity contribution in [2.75, 3.05) is 20.6 Å². The van der Waals surface area contributed by atoms with E-state index in [4.69, 9.17) is 5.73 Å². The molecule has 0 bridgehead atoms. The van der Waals surface area contributed by atoms with Gasteiger partial charge in [-0.15, -0.1) is 11.3 Å². The van der Waals surface area contributed by atoms with E-state index < -0.39 is 0 Å². The smallest absolute Gasteiger partial charge is 0.231 e. The first kappa shape index (κ1) is 16.3. The Morgan fingerprint density at radius 1 is 1.57 bits per heavy atom. The molecule has 0 aliphatic heterocycles. The average molecular weight is 372 g/mol. The van der Waals surface area contributed by atoms with Crippen LogP contribution < -0.4 is 5.73 Å². The van der Waals surface area contributed by atoms with Gasteiger partial charge in [0, 0.05) is 11.9 Å². The standard InChI is InChI=1S/C13H18BrN5OS/c1-8(15)13-17-10(7-21-13)12(20)11-9(14)6-16-19(11)5-4-18(2)3/h6-8H,4-5,15H2,1-3H3. The maximum Gasteiger partial charge on any atom is 0.231 e. The lowest BCUT2D eigenvalue weighted by Gasteiger charge is -2.11. The molecule has 0 aliphatic carbocycles. The molecule has 2 heterocycles. The molecule has 0 spiro atoms. The molecule has 1 unspecified atom stereocenters. The topological polar surface area (TPSA) is 77.0 Å². The molecular formula is C13H18BrN5OS. The van der Waals surface area contributed by atoms with Gasteiger partial charge in [-0.2, -0.15) is 5.10 Å². The number of thiazole rings is 1. The Morgan fingerprint density at radius 3 is 2.86 bits per heavy atom. The van der Waals surface area contributed by atoms with Crippen molar-refractivity contribution in [3.63, 3.8) is 0 Å². The van der Waals surface area contributed by atoms with Crippen LogP contribution in [0, 0.1) is 0 Å². The average Bonchev–Trinajstić information content (AvgIpc) is 3.02. The first-order valence-corrected chi connectivity index (χ1v) is 8.19. The summed E-state index contributed by atoms with van der Waals surface area (Å²) in [5, 5.41) is 6.75. The number of hydrogen-bond donors (Lipinski definition) is 1. The van der Waals surface area contributed by atoms with Gasteiger partial charge in [-0.05, 0) is 36.9 Å². The van der Waals surface area contributed by atoms with E-state index in [1.807, 2.05) is 25.9 Å². The zero-order chi connectivity index (χ0) is 15.6. The summed E-state index contributed by atoms with van der Waals surface area (Å²) in [6.45, 7) is 3.30. The Labute approximate surface area is 136 Å². The first-order valence-electron chi connectivity index (χ1n) is 6.52. The monoisotopic (exact) mass is 371 g/mol. The molecule has 2 rings (SSSR count). The number of hydrogen-bond acceptors (Lipinski definition) is 6. The number of likely N-dealkylation sites (N-methyl/N-ethyl adjacent to an activating group) is 1. The number of nitrogens with zero attached hydrogens (tertiary/aromatic N) is 4. The summed E-state index contributed by atoms with van der Waals surface area (Å²) in [6.07, 6.45) is 1.64. The lowest BCUT2D eigenvalue weighted by Crippen LogP contribution is -2.22. The zero-order valence-corrected chi connectivity index (χ0v) is 14.6. The molecule has 2 N–H and O–H groups in total. The predicted octanol–water partition coefficient (Wildman–Crippen LogP) is 1.91. The van der Waals surface area contributed by atoms with E-state index in [1.165, 1.54) is 11.3 Å². The SMILES string of the molecule is CC(N)c1nc(C(=O)c2c(Br)cnn2CCN(C)C)cs1. The van der Waals surface area contributed by atoms with Crippen molar-refractivity contribution in [2.45, 2.75) is 19.5 Å². The number of carbonyl (C=O) groups is 1. The van der Waals surface area contributed by atoms with E-state index in [-0.39, 0.29) is 11.8 Å². The van der Waals surface area contributed by atoms with Gasteiger partial charge in [-0.25, -0.2) is 4.98 Å². The molecule has 8 heteroatoms. The van der Waals surface area contributed by atoms with Gasteiger partial charge < -0.3 is 10.6 Å². The number of carbonyl (C=O) groups excluding carboxylic acids is 1. The van der Waals surface area contributed by atoms with Gasteiger partial charge in [-0.1, -0.05) is 0 Å². The predicted molar refractivity (Wildman–Crippen MR) is 86.6 cm³/mol. The summed E-state index contributed by atoms with van der Waals surface area (Å²) in [4.78, 5) is 19.0. The van der Waals surface area contributed by atoms with Gasteiger partial charge in [0.05, 0.1) is 23.3 Å². The molecule has 6 nitrogen and oxygen atoms in total. The number of rotatable bonds is 6. The van der Waals surface area contributed by atoms with Crippen LogP contribution in [0.25, 0.3) is 0 Å². The van der Waals surface area contributed by atoms with Crippen molar-refractivity contribution < 1.29 is 4.79 Å². The van der Waals surface area contributed by atoms with Crippen molar-refractivity contribution in [3.8, 4) is 0 Å². The largest absolute Gasteiger partial charge is 0.322 e. The lowest BCUT2D eigenvalue weighted by atomic mass is 10.2. The highest BCUT2D eigenvalue weighted by Crippen LogP contribution is 2.22. The van der Waals surface area contributed by atoms with Gasteiger partial charge in [0.15, 0.2) is 0 Å². The Kier molecular flexibility index (Phi) is 5.26. The fourth-order valence-corrected chi connectivity index (χ4v) is 3.01. The maximum absolute atomic E-state index is 12.6. The second-order valence-electron chi connectivity index (χ2n) is 5.06. The summed E-state index contributed by atoms with van der Waals surface area (Å²) in [5.41, 5.74) is 6.73. The summed E-state index contributed by atoms with van der Waals surface area (Å²) in [6, 6.07) is -0.168. The van der Waals surface area contributed by atoms with E-state index in [2.05, 4.69) is 26.0 Å². The highest BCUT2D eigenvalue weighted by molar-refractivity contribution is 9.10. The Hall–Kier alpha value is -1.09. The summed E-state index contributed by atoms with van der Waals surface area (Å²) < 4.78 is 2.39. The van der Waals surface area contributed by atoms with Crippen LogP contribution in [0.1, 0.15) is 34.2 Å². The molecule has 0 amide bonds. The molecule has 0 saturated carbocycles. The Bertz CT molecular complexity index is 634. The molecule has 0 fully saturated rings. The third kappa shape index (κ3) is 3.76.